The summed E-state index contributed by atoms with van der Waals surface area (Å²) in [6.07, 6.45) is 6.56. The molecule has 0 saturated heterocycles. The van der Waals surface area contributed by atoms with Crippen LogP contribution in [0.1, 0.15) is 39.5 Å². The van der Waals surface area contributed by atoms with E-state index in [9.17, 15) is 5.11 Å². The van der Waals surface area contributed by atoms with Gasteiger partial charge in [0.25, 0.3) is 0 Å². The van der Waals surface area contributed by atoms with Crippen molar-refractivity contribution < 1.29 is 5.11 Å². The molecule has 0 aromatic heterocycles. The van der Waals surface area contributed by atoms with E-state index in [-0.39, 0.29) is 6.10 Å². The summed E-state index contributed by atoms with van der Waals surface area (Å²) in [4.78, 5) is 0. The molecule has 1 unspecified atom stereocenters. The van der Waals surface area contributed by atoms with Gasteiger partial charge in [-0.3, -0.25) is 0 Å². The molecule has 2 N–H and O–H groups in total. The van der Waals surface area contributed by atoms with Gasteiger partial charge in [-0.25, -0.2) is 0 Å². The van der Waals surface area contributed by atoms with Gasteiger partial charge in [0, 0.05) is 6.54 Å². The lowest BCUT2D eigenvalue weighted by molar-refractivity contribution is 0.124. The molecule has 0 heterocycles. The Morgan fingerprint density at radius 2 is 2.00 bits per heavy atom. The Bertz CT molecular complexity index is 134. The monoisotopic (exact) mass is 199 g/mol. The van der Waals surface area contributed by atoms with Crippen LogP contribution >= 0.6 is 0 Å². The van der Waals surface area contributed by atoms with Crippen molar-refractivity contribution in [3.63, 3.8) is 0 Å². The first-order valence-electron chi connectivity index (χ1n) is 5.68. The molecule has 0 spiro atoms. The standard InChI is InChI=1S/C12H25NO/c1-4-5-6-7-8-9-13-10-12(14)11(2)3/h4,11-14H,1,5-10H2,2-3H3. The minimum Gasteiger partial charge on any atom is -0.392 e. The highest BCUT2D eigenvalue weighted by molar-refractivity contribution is 4.66. The molecule has 0 rings (SSSR count). The first-order chi connectivity index (χ1) is 6.68. The fourth-order valence-electron chi connectivity index (χ4n) is 1.20. The summed E-state index contributed by atoms with van der Waals surface area (Å²) in [6.45, 7) is 9.50. The van der Waals surface area contributed by atoms with E-state index in [2.05, 4.69) is 11.9 Å². The molecule has 0 aliphatic carbocycles. The summed E-state index contributed by atoms with van der Waals surface area (Å²) in [5, 5.41) is 12.8. The fraction of sp³-hybridized carbons (Fsp3) is 0.833. The van der Waals surface area contributed by atoms with Crippen LogP contribution in [0.3, 0.4) is 0 Å². The first-order valence-corrected chi connectivity index (χ1v) is 5.68. The second-order valence-corrected chi connectivity index (χ2v) is 4.15. The van der Waals surface area contributed by atoms with E-state index in [0.29, 0.717) is 5.92 Å². The molecule has 14 heavy (non-hydrogen) atoms. The van der Waals surface area contributed by atoms with Crippen molar-refractivity contribution in [1.29, 1.82) is 0 Å². The molecule has 0 aromatic carbocycles. The Balaban J connectivity index is 3.09. The smallest absolute Gasteiger partial charge is 0.0687 e. The van der Waals surface area contributed by atoms with Gasteiger partial charge in [0.2, 0.25) is 0 Å². The molecule has 0 amide bonds. The van der Waals surface area contributed by atoms with Crippen LogP contribution in [0.5, 0.6) is 0 Å². The van der Waals surface area contributed by atoms with Crippen LogP contribution in [0.4, 0.5) is 0 Å². The number of aliphatic hydroxyl groups excluding tert-OH is 1. The highest BCUT2D eigenvalue weighted by atomic mass is 16.3. The van der Waals surface area contributed by atoms with Gasteiger partial charge in [-0.2, -0.15) is 0 Å². The summed E-state index contributed by atoms with van der Waals surface area (Å²) in [7, 11) is 0. The molecule has 1 atom stereocenters. The minimum absolute atomic E-state index is 0.205. The highest BCUT2D eigenvalue weighted by Crippen LogP contribution is 2.00. The molecule has 0 bridgehead atoms. The summed E-state index contributed by atoms with van der Waals surface area (Å²) < 4.78 is 0. The lowest BCUT2D eigenvalue weighted by atomic mass is 10.1. The van der Waals surface area contributed by atoms with Gasteiger partial charge >= 0.3 is 0 Å². The van der Waals surface area contributed by atoms with Crippen LogP contribution in [0.25, 0.3) is 0 Å². The van der Waals surface area contributed by atoms with Gasteiger partial charge in [0.05, 0.1) is 6.10 Å². The molecular weight excluding hydrogens is 174 g/mol. The average molecular weight is 199 g/mol. The van der Waals surface area contributed by atoms with Crippen molar-refractivity contribution in [3.8, 4) is 0 Å². The molecule has 2 nitrogen and oxygen atoms in total. The van der Waals surface area contributed by atoms with Gasteiger partial charge in [0.15, 0.2) is 0 Å². The van der Waals surface area contributed by atoms with Crippen molar-refractivity contribution in [2.24, 2.45) is 5.92 Å². The summed E-state index contributed by atoms with van der Waals surface area (Å²) in [6, 6.07) is 0. The first kappa shape index (κ1) is 13.7. The normalized spacial score (nSPS) is 13.1. The van der Waals surface area contributed by atoms with E-state index in [4.69, 9.17) is 0 Å². The van der Waals surface area contributed by atoms with Crippen LogP contribution in [0.2, 0.25) is 0 Å². The Kier molecular flexibility index (Phi) is 9.00. The molecule has 0 saturated carbocycles. The van der Waals surface area contributed by atoms with Gasteiger partial charge in [-0.1, -0.05) is 26.3 Å². The summed E-state index contributed by atoms with van der Waals surface area (Å²) in [5.41, 5.74) is 0. The number of rotatable bonds is 9. The topological polar surface area (TPSA) is 32.3 Å². The lowest BCUT2D eigenvalue weighted by Gasteiger charge is -2.14. The molecule has 0 radical (unpaired) electrons. The van der Waals surface area contributed by atoms with Crippen molar-refractivity contribution in [2.75, 3.05) is 13.1 Å². The van der Waals surface area contributed by atoms with Gasteiger partial charge in [-0.05, 0) is 31.7 Å². The number of nitrogens with one attached hydrogen (secondary N) is 1. The van der Waals surface area contributed by atoms with Crippen molar-refractivity contribution >= 4 is 0 Å². The molecule has 84 valence electrons. The minimum atomic E-state index is -0.205. The third-order valence-electron chi connectivity index (χ3n) is 2.38. The number of hydrogen-bond donors (Lipinski definition) is 2. The predicted octanol–water partition coefficient (Wildman–Crippen LogP) is 2.34. The van der Waals surface area contributed by atoms with Gasteiger partial charge in [0.1, 0.15) is 0 Å². The van der Waals surface area contributed by atoms with Crippen molar-refractivity contribution in [1.82, 2.24) is 5.32 Å². The summed E-state index contributed by atoms with van der Waals surface area (Å²) in [5.74, 6) is 0.350. The fourth-order valence-corrected chi connectivity index (χ4v) is 1.20. The largest absolute Gasteiger partial charge is 0.392 e. The molecule has 0 aliphatic rings. The van der Waals surface area contributed by atoms with E-state index >= 15 is 0 Å². The summed E-state index contributed by atoms with van der Waals surface area (Å²) >= 11 is 0. The Hall–Kier alpha value is -0.340. The lowest BCUT2D eigenvalue weighted by Crippen LogP contribution is -2.31. The highest BCUT2D eigenvalue weighted by Gasteiger charge is 2.06. The third-order valence-corrected chi connectivity index (χ3v) is 2.38. The van der Waals surface area contributed by atoms with Crippen molar-refractivity contribution in [3.05, 3.63) is 12.7 Å². The maximum Gasteiger partial charge on any atom is 0.0687 e. The number of allylic oxidation sites excluding steroid dienone is 1. The zero-order valence-electron chi connectivity index (χ0n) is 9.63. The molecule has 2 heteroatoms. The van der Waals surface area contributed by atoms with Crippen LogP contribution in [-0.4, -0.2) is 24.3 Å². The maximum absolute atomic E-state index is 9.49. The quantitative estimate of drug-likeness (QED) is 0.441. The average Bonchev–Trinajstić information content (AvgIpc) is 2.16. The van der Waals surface area contributed by atoms with E-state index in [0.717, 1.165) is 19.5 Å². The number of unbranched alkanes of at least 4 members (excludes halogenated alkanes) is 3. The molecule has 0 aromatic rings. The van der Waals surface area contributed by atoms with Gasteiger partial charge in [-0.15, -0.1) is 6.58 Å². The maximum atomic E-state index is 9.49. The van der Waals surface area contributed by atoms with Crippen LogP contribution in [-0.2, 0) is 0 Å². The zero-order chi connectivity index (χ0) is 10.8. The second kappa shape index (κ2) is 9.22. The molecular formula is C12H25NO. The van der Waals surface area contributed by atoms with Gasteiger partial charge < -0.3 is 10.4 Å². The number of aliphatic hydroxyl groups is 1. The van der Waals surface area contributed by atoms with E-state index in [1.54, 1.807) is 0 Å². The van der Waals surface area contributed by atoms with Crippen LogP contribution in [0.15, 0.2) is 12.7 Å². The second-order valence-electron chi connectivity index (χ2n) is 4.15. The van der Waals surface area contributed by atoms with E-state index in [1.165, 1.54) is 19.3 Å². The van der Waals surface area contributed by atoms with Crippen LogP contribution in [0, 0.1) is 5.92 Å². The van der Waals surface area contributed by atoms with E-state index in [1.807, 2.05) is 19.9 Å². The Morgan fingerprint density at radius 1 is 1.29 bits per heavy atom. The number of hydrogen-bond acceptors (Lipinski definition) is 2. The van der Waals surface area contributed by atoms with E-state index < -0.39 is 0 Å². The van der Waals surface area contributed by atoms with Crippen LogP contribution < -0.4 is 5.32 Å². The predicted molar refractivity (Wildman–Crippen MR) is 62.4 cm³/mol. The Morgan fingerprint density at radius 3 is 2.57 bits per heavy atom. The molecule has 0 aliphatic heterocycles. The van der Waals surface area contributed by atoms with Crippen molar-refractivity contribution in [2.45, 2.75) is 45.6 Å². The Labute approximate surface area is 88.4 Å². The molecule has 0 fully saturated rings. The third kappa shape index (κ3) is 8.27. The SMILES string of the molecule is C=CCCCCCNCC(O)C(C)C. The zero-order valence-corrected chi connectivity index (χ0v) is 9.63.